The van der Waals surface area contributed by atoms with E-state index in [0.717, 1.165) is 11.1 Å². The second-order valence-corrected chi connectivity index (χ2v) is 10.7. The molecule has 0 radical (unpaired) electrons. The van der Waals surface area contributed by atoms with Crippen molar-refractivity contribution in [3.05, 3.63) is 76.1 Å². The fourth-order valence-corrected chi connectivity index (χ4v) is 4.13. The third-order valence-electron chi connectivity index (χ3n) is 5.35. The second-order valence-electron chi connectivity index (χ2n) is 8.18. The van der Waals surface area contributed by atoms with Gasteiger partial charge in [0.05, 0.1) is 22.2 Å². The summed E-state index contributed by atoms with van der Waals surface area (Å²) in [6.07, 6.45) is 1.43. The number of halogens is 2. The van der Waals surface area contributed by atoms with E-state index in [9.17, 15) is 13.7 Å². The van der Waals surface area contributed by atoms with Crippen molar-refractivity contribution in [2.45, 2.75) is 25.9 Å². The van der Waals surface area contributed by atoms with Crippen molar-refractivity contribution in [3.8, 4) is 17.6 Å². The Bertz CT molecular complexity index is 1360. The van der Waals surface area contributed by atoms with Gasteiger partial charge >= 0.3 is 0 Å². The summed E-state index contributed by atoms with van der Waals surface area (Å²) in [7, 11) is -3.69. The number of benzene rings is 2. The van der Waals surface area contributed by atoms with Crippen molar-refractivity contribution in [3.63, 3.8) is 0 Å². The quantitative estimate of drug-likeness (QED) is 0.339. The number of nitriles is 1. The SMILES string of the molecule is CC(C)(c1ccc(OCc2ccnc(NS(=O)(=O)CN)n2)cc1)c1cc(Cl)c(OCCCl)c(C#N)c1. The van der Waals surface area contributed by atoms with Crippen LogP contribution in [0.5, 0.6) is 11.5 Å². The number of anilines is 1. The molecule has 0 saturated carbocycles. The Morgan fingerprint density at radius 1 is 1.14 bits per heavy atom. The average molecular weight is 550 g/mol. The van der Waals surface area contributed by atoms with Crippen LogP contribution < -0.4 is 19.9 Å². The second kappa shape index (κ2) is 11.8. The molecule has 9 nitrogen and oxygen atoms in total. The lowest BCUT2D eigenvalue weighted by Gasteiger charge is -2.27. The Morgan fingerprint density at radius 3 is 2.50 bits per heavy atom. The van der Waals surface area contributed by atoms with E-state index >= 15 is 0 Å². The molecule has 1 aromatic heterocycles. The molecule has 3 rings (SSSR count). The van der Waals surface area contributed by atoms with E-state index in [1.807, 2.05) is 38.1 Å². The van der Waals surface area contributed by atoms with Gasteiger partial charge in [-0.05, 0) is 41.5 Å². The number of sulfonamides is 1. The normalized spacial score (nSPS) is 11.6. The highest BCUT2D eigenvalue weighted by molar-refractivity contribution is 7.92. The summed E-state index contributed by atoms with van der Waals surface area (Å²) in [5, 5.41) is 9.94. The lowest BCUT2D eigenvalue weighted by atomic mass is 9.77. The van der Waals surface area contributed by atoms with Gasteiger partial charge in [-0.1, -0.05) is 37.6 Å². The number of hydrogen-bond acceptors (Lipinski definition) is 8. The first-order valence-corrected chi connectivity index (χ1v) is 13.3. The maximum atomic E-state index is 11.6. The third-order valence-corrected chi connectivity index (χ3v) is 6.72. The van der Waals surface area contributed by atoms with E-state index in [4.69, 9.17) is 38.4 Å². The zero-order chi connectivity index (χ0) is 26.3. The van der Waals surface area contributed by atoms with Gasteiger partial charge in [-0.25, -0.2) is 18.4 Å². The summed E-state index contributed by atoms with van der Waals surface area (Å²) in [6.45, 7) is 4.41. The molecule has 0 fully saturated rings. The standard InChI is InChI=1S/C24H25Cl2N5O4S/c1-24(2,18-11-16(13-27)22(21(26)12-18)34-10-8-25)17-3-5-20(6-4-17)35-14-19-7-9-29-23(30-19)31-36(32,33)15-28/h3-7,9,11-12H,8,10,14-15,28H2,1-2H3,(H,29,30,31). The van der Waals surface area contributed by atoms with Gasteiger partial charge in [-0.15, -0.1) is 11.6 Å². The van der Waals surface area contributed by atoms with Gasteiger partial charge in [0, 0.05) is 11.6 Å². The molecule has 0 saturated heterocycles. The van der Waals surface area contributed by atoms with Crippen LogP contribution >= 0.6 is 23.2 Å². The monoisotopic (exact) mass is 549 g/mol. The van der Waals surface area contributed by atoms with E-state index in [1.165, 1.54) is 6.20 Å². The van der Waals surface area contributed by atoms with Crippen LogP contribution in [0.3, 0.4) is 0 Å². The minimum atomic E-state index is -3.69. The number of aromatic nitrogens is 2. The zero-order valence-corrected chi connectivity index (χ0v) is 22.0. The predicted molar refractivity (Wildman–Crippen MR) is 139 cm³/mol. The van der Waals surface area contributed by atoms with Gasteiger partial charge in [-0.2, -0.15) is 5.26 Å². The summed E-state index contributed by atoms with van der Waals surface area (Å²) in [5.74, 6) is 0.558. The summed E-state index contributed by atoms with van der Waals surface area (Å²) in [5.41, 5.74) is 7.37. The van der Waals surface area contributed by atoms with Crippen LogP contribution in [0.2, 0.25) is 5.02 Å². The molecule has 3 aromatic rings. The number of ether oxygens (including phenoxy) is 2. The third kappa shape index (κ3) is 6.77. The lowest BCUT2D eigenvalue weighted by Crippen LogP contribution is -2.23. The topological polar surface area (TPSA) is 140 Å². The smallest absolute Gasteiger partial charge is 0.247 e. The minimum Gasteiger partial charge on any atom is -0.489 e. The average Bonchev–Trinajstić information content (AvgIpc) is 2.86. The van der Waals surface area contributed by atoms with Crippen molar-refractivity contribution in [1.82, 2.24) is 9.97 Å². The largest absolute Gasteiger partial charge is 0.489 e. The van der Waals surface area contributed by atoms with E-state index in [-0.39, 0.29) is 25.0 Å². The Morgan fingerprint density at radius 2 is 1.86 bits per heavy atom. The van der Waals surface area contributed by atoms with E-state index < -0.39 is 21.3 Å². The minimum absolute atomic E-state index is 0.0758. The van der Waals surface area contributed by atoms with Gasteiger partial charge in [0.2, 0.25) is 16.0 Å². The Hall–Kier alpha value is -3.10. The molecule has 36 heavy (non-hydrogen) atoms. The number of rotatable bonds is 11. The van der Waals surface area contributed by atoms with Crippen molar-refractivity contribution in [2.24, 2.45) is 5.73 Å². The maximum absolute atomic E-state index is 11.6. The summed E-state index contributed by atoms with van der Waals surface area (Å²) >= 11 is 12.1. The highest BCUT2D eigenvalue weighted by atomic mass is 35.5. The summed E-state index contributed by atoms with van der Waals surface area (Å²) in [4.78, 5) is 8.01. The van der Waals surface area contributed by atoms with Gasteiger partial charge in [0.1, 0.15) is 30.9 Å². The van der Waals surface area contributed by atoms with Crippen LogP contribution in [0.15, 0.2) is 48.7 Å². The molecule has 0 atom stereocenters. The highest BCUT2D eigenvalue weighted by Crippen LogP contribution is 2.38. The van der Waals surface area contributed by atoms with Gasteiger partial charge in [-0.3, -0.25) is 4.72 Å². The Balaban J connectivity index is 1.74. The van der Waals surface area contributed by atoms with Gasteiger partial charge < -0.3 is 15.2 Å². The first kappa shape index (κ1) is 27.5. The van der Waals surface area contributed by atoms with Crippen LogP contribution in [0.25, 0.3) is 0 Å². The van der Waals surface area contributed by atoms with E-state index in [0.29, 0.717) is 27.8 Å². The Kier molecular flexibility index (Phi) is 8.98. The number of hydrogen-bond donors (Lipinski definition) is 2. The number of nitrogens with zero attached hydrogens (tertiary/aromatic N) is 3. The molecule has 0 aliphatic rings. The molecule has 2 aromatic carbocycles. The van der Waals surface area contributed by atoms with Crippen LogP contribution in [0, 0.1) is 11.3 Å². The molecular weight excluding hydrogens is 525 g/mol. The lowest BCUT2D eigenvalue weighted by molar-refractivity contribution is 0.301. The molecule has 1 heterocycles. The molecule has 0 aliphatic carbocycles. The number of nitrogens with one attached hydrogen (secondary N) is 1. The molecule has 0 unspecified atom stereocenters. The zero-order valence-electron chi connectivity index (χ0n) is 19.7. The van der Waals surface area contributed by atoms with Gasteiger partial charge in [0.15, 0.2) is 5.75 Å². The fourth-order valence-electron chi connectivity index (χ4n) is 3.32. The molecular formula is C24H25Cl2N5O4S. The predicted octanol–water partition coefficient (Wildman–Crippen LogP) is 4.18. The van der Waals surface area contributed by atoms with Crippen LogP contribution in [-0.2, 0) is 22.0 Å². The van der Waals surface area contributed by atoms with E-state index in [1.54, 1.807) is 18.2 Å². The van der Waals surface area contributed by atoms with Crippen molar-refractivity contribution < 1.29 is 17.9 Å². The summed E-state index contributed by atoms with van der Waals surface area (Å²) < 4.78 is 36.8. The van der Waals surface area contributed by atoms with Gasteiger partial charge in [0.25, 0.3) is 0 Å². The molecule has 190 valence electrons. The molecule has 0 spiro atoms. The summed E-state index contributed by atoms with van der Waals surface area (Å²) in [6, 6.07) is 14.8. The number of alkyl halides is 1. The molecule has 0 bridgehead atoms. The Labute approximate surface area is 220 Å². The molecule has 0 amide bonds. The van der Waals surface area contributed by atoms with Crippen LogP contribution in [-0.4, -0.2) is 36.7 Å². The molecule has 0 aliphatic heterocycles. The van der Waals surface area contributed by atoms with E-state index in [2.05, 4.69) is 20.8 Å². The first-order valence-electron chi connectivity index (χ1n) is 10.8. The molecule has 3 N–H and O–H groups in total. The number of nitrogens with two attached hydrogens (primary N) is 1. The highest BCUT2D eigenvalue weighted by Gasteiger charge is 2.26. The first-order chi connectivity index (χ1) is 17.1. The van der Waals surface area contributed by atoms with Crippen molar-refractivity contribution in [1.29, 1.82) is 5.26 Å². The van der Waals surface area contributed by atoms with Crippen molar-refractivity contribution in [2.75, 3.05) is 23.1 Å². The van der Waals surface area contributed by atoms with Crippen LogP contribution in [0.1, 0.15) is 36.2 Å². The maximum Gasteiger partial charge on any atom is 0.247 e. The molecule has 12 heteroatoms. The van der Waals surface area contributed by atoms with Crippen molar-refractivity contribution >= 4 is 39.2 Å². The van der Waals surface area contributed by atoms with Crippen LogP contribution in [0.4, 0.5) is 5.95 Å². The fraction of sp³-hybridized carbons (Fsp3) is 0.292.